The maximum atomic E-state index is 12.7. The Morgan fingerprint density at radius 1 is 1.11 bits per heavy atom. The molecule has 0 aliphatic heterocycles. The van der Waals surface area contributed by atoms with Gasteiger partial charge in [-0.15, -0.1) is 0 Å². The molecular weight excluding hydrogens is 356 g/mol. The van der Waals surface area contributed by atoms with Crippen LogP contribution in [0.15, 0.2) is 17.2 Å². The van der Waals surface area contributed by atoms with E-state index in [9.17, 15) is 14.7 Å². The number of carbonyl (C=O) groups excluding carboxylic acids is 1. The number of carboxylic acids is 1. The number of carbonyl (C=O) groups is 2. The third-order valence-electron chi connectivity index (χ3n) is 6.27. The first-order chi connectivity index (χ1) is 13.5. The zero-order valence-electron chi connectivity index (χ0n) is 16.0. The van der Waals surface area contributed by atoms with Crippen LogP contribution in [-0.2, 0) is 16.0 Å². The van der Waals surface area contributed by atoms with Gasteiger partial charge in [-0.25, -0.2) is 4.79 Å². The van der Waals surface area contributed by atoms with E-state index in [-0.39, 0.29) is 12.3 Å². The lowest BCUT2D eigenvalue weighted by atomic mass is 9.81. The van der Waals surface area contributed by atoms with Gasteiger partial charge in [0.25, 0.3) is 0 Å². The molecular formula is C21H26N4O3. The first kappa shape index (κ1) is 18.8. The highest BCUT2D eigenvalue weighted by Crippen LogP contribution is 2.51. The highest BCUT2D eigenvalue weighted by atomic mass is 16.4. The molecule has 0 spiro atoms. The van der Waals surface area contributed by atoms with Crippen LogP contribution in [0, 0.1) is 0 Å². The Balaban J connectivity index is 1.58. The van der Waals surface area contributed by atoms with E-state index in [1.54, 1.807) is 0 Å². The van der Waals surface area contributed by atoms with Crippen LogP contribution in [0.4, 0.5) is 5.69 Å². The minimum atomic E-state index is -1.13. The van der Waals surface area contributed by atoms with E-state index >= 15 is 0 Å². The van der Waals surface area contributed by atoms with E-state index in [0.29, 0.717) is 24.7 Å². The SMILES string of the molecule is [N-]=[N+]=Nc1c(C2CC2)cc(CC(=O)NC2(C(=O)O)CCCCC2)cc1C1CC1. The summed E-state index contributed by atoms with van der Waals surface area (Å²) in [4.78, 5) is 27.6. The second kappa shape index (κ2) is 7.47. The Bertz CT molecular complexity index is 812. The Morgan fingerprint density at radius 3 is 2.14 bits per heavy atom. The molecule has 28 heavy (non-hydrogen) atoms. The fourth-order valence-electron chi connectivity index (χ4n) is 4.46. The average molecular weight is 382 g/mol. The lowest BCUT2D eigenvalue weighted by Crippen LogP contribution is -2.56. The van der Waals surface area contributed by atoms with Crippen molar-refractivity contribution in [2.75, 3.05) is 0 Å². The summed E-state index contributed by atoms with van der Waals surface area (Å²) < 4.78 is 0. The van der Waals surface area contributed by atoms with E-state index < -0.39 is 11.5 Å². The van der Waals surface area contributed by atoms with Gasteiger partial charge in [-0.3, -0.25) is 4.79 Å². The molecule has 3 fully saturated rings. The molecule has 0 aromatic heterocycles. The molecule has 148 valence electrons. The molecule has 3 aliphatic rings. The zero-order chi connectivity index (χ0) is 19.7. The van der Waals surface area contributed by atoms with Gasteiger partial charge in [0.05, 0.1) is 6.42 Å². The molecule has 1 amide bonds. The molecule has 2 N–H and O–H groups in total. The maximum absolute atomic E-state index is 12.7. The normalized spacial score (nSPS) is 20.9. The molecule has 0 atom stereocenters. The van der Waals surface area contributed by atoms with E-state index in [1.807, 2.05) is 12.1 Å². The average Bonchev–Trinajstić information content (AvgIpc) is 3.56. The number of azide groups is 1. The number of hydrogen-bond donors (Lipinski definition) is 2. The van der Waals surface area contributed by atoms with Crippen LogP contribution >= 0.6 is 0 Å². The fourth-order valence-corrected chi connectivity index (χ4v) is 4.46. The molecule has 1 aromatic carbocycles. The standard InChI is InChI=1S/C21H26N4O3/c22-25-24-19-16(14-4-5-14)10-13(11-17(19)15-6-7-15)12-18(26)23-21(20(27)28)8-2-1-3-9-21/h10-11,14-15H,1-9,12H2,(H,23,26)(H,27,28). The second-order valence-electron chi connectivity index (χ2n) is 8.53. The Labute approximate surface area is 164 Å². The predicted octanol–water partition coefficient (Wildman–Crippen LogP) is 4.83. The van der Waals surface area contributed by atoms with Gasteiger partial charge in [0.15, 0.2) is 0 Å². The van der Waals surface area contributed by atoms with Crippen molar-refractivity contribution in [3.05, 3.63) is 39.3 Å². The summed E-state index contributed by atoms with van der Waals surface area (Å²) in [6.45, 7) is 0. The third kappa shape index (κ3) is 3.85. The lowest BCUT2D eigenvalue weighted by Gasteiger charge is -2.34. The minimum absolute atomic E-state index is 0.158. The number of nitrogens with zero attached hydrogens (tertiary/aromatic N) is 3. The third-order valence-corrected chi connectivity index (χ3v) is 6.27. The van der Waals surface area contributed by atoms with Crippen LogP contribution in [0.2, 0.25) is 0 Å². The van der Waals surface area contributed by atoms with Crippen LogP contribution in [0.3, 0.4) is 0 Å². The highest BCUT2D eigenvalue weighted by molar-refractivity contribution is 5.88. The van der Waals surface area contributed by atoms with Gasteiger partial charge in [0.1, 0.15) is 5.54 Å². The summed E-state index contributed by atoms with van der Waals surface area (Å²) in [7, 11) is 0. The largest absolute Gasteiger partial charge is 0.480 e. The molecule has 0 saturated heterocycles. The predicted molar refractivity (Wildman–Crippen MR) is 104 cm³/mol. The van der Waals surface area contributed by atoms with Gasteiger partial charge in [-0.05, 0) is 72.6 Å². The maximum Gasteiger partial charge on any atom is 0.329 e. The summed E-state index contributed by atoms with van der Waals surface area (Å²) in [5, 5.41) is 16.5. The van der Waals surface area contributed by atoms with E-state index in [0.717, 1.165) is 67.3 Å². The summed E-state index contributed by atoms with van der Waals surface area (Å²) >= 11 is 0. The molecule has 1 aromatic rings. The van der Waals surface area contributed by atoms with E-state index in [4.69, 9.17) is 5.53 Å². The second-order valence-corrected chi connectivity index (χ2v) is 8.53. The van der Waals surface area contributed by atoms with Gasteiger partial charge < -0.3 is 10.4 Å². The van der Waals surface area contributed by atoms with E-state index in [2.05, 4.69) is 15.3 Å². The number of nitrogens with one attached hydrogen (secondary N) is 1. The quantitative estimate of drug-likeness (QED) is 0.400. The van der Waals surface area contributed by atoms with Gasteiger partial charge in [0.2, 0.25) is 5.91 Å². The molecule has 0 bridgehead atoms. The van der Waals surface area contributed by atoms with Gasteiger partial charge >= 0.3 is 5.97 Å². The van der Waals surface area contributed by atoms with Crippen molar-refractivity contribution in [2.24, 2.45) is 5.11 Å². The molecule has 3 aliphatic carbocycles. The smallest absolute Gasteiger partial charge is 0.329 e. The van der Waals surface area contributed by atoms with Crippen molar-refractivity contribution in [3.63, 3.8) is 0 Å². The van der Waals surface area contributed by atoms with Crippen molar-refractivity contribution < 1.29 is 14.7 Å². The van der Waals surface area contributed by atoms with Crippen molar-refractivity contribution >= 4 is 17.6 Å². The number of carboxylic acid groups (broad SMARTS) is 1. The minimum Gasteiger partial charge on any atom is -0.480 e. The number of amides is 1. The number of benzene rings is 1. The van der Waals surface area contributed by atoms with Crippen LogP contribution in [0.1, 0.15) is 86.3 Å². The van der Waals surface area contributed by atoms with Crippen LogP contribution in [-0.4, -0.2) is 22.5 Å². The van der Waals surface area contributed by atoms with Crippen LogP contribution < -0.4 is 5.32 Å². The summed E-state index contributed by atoms with van der Waals surface area (Å²) in [6.07, 6.45) is 8.12. The lowest BCUT2D eigenvalue weighted by molar-refractivity contribution is -0.149. The van der Waals surface area contributed by atoms with Crippen molar-refractivity contribution in [3.8, 4) is 0 Å². The molecule has 0 radical (unpaired) electrons. The van der Waals surface area contributed by atoms with Crippen molar-refractivity contribution in [1.82, 2.24) is 5.32 Å². The zero-order valence-corrected chi connectivity index (χ0v) is 16.0. The summed E-state index contributed by atoms with van der Waals surface area (Å²) in [6, 6.07) is 3.98. The first-order valence-electron chi connectivity index (χ1n) is 10.3. The van der Waals surface area contributed by atoms with Crippen LogP contribution in [0.5, 0.6) is 0 Å². The Hall–Kier alpha value is -2.53. The van der Waals surface area contributed by atoms with Gasteiger partial charge in [0, 0.05) is 10.6 Å². The Kier molecular flexibility index (Phi) is 5.02. The molecule has 0 unspecified atom stereocenters. The van der Waals surface area contributed by atoms with Crippen LogP contribution in [0.25, 0.3) is 10.4 Å². The molecule has 0 heterocycles. The highest BCUT2D eigenvalue weighted by Gasteiger charge is 2.41. The topological polar surface area (TPSA) is 115 Å². The molecule has 3 saturated carbocycles. The number of aliphatic carboxylic acids is 1. The monoisotopic (exact) mass is 382 g/mol. The number of hydrogen-bond acceptors (Lipinski definition) is 3. The summed E-state index contributed by atoms with van der Waals surface area (Å²) in [5.41, 5.74) is 11.6. The van der Waals surface area contributed by atoms with Gasteiger partial charge in [-0.2, -0.15) is 0 Å². The molecule has 7 nitrogen and oxygen atoms in total. The van der Waals surface area contributed by atoms with E-state index in [1.165, 1.54) is 0 Å². The molecule has 7 heteroatoms. The number of rotatable bonds is 7. The first-order valence-corrected chi connectivity index (χ1v) is 10.3. The summed E-state index contributed by atoms with van der Waals surface area (Å²) in [5.74, 6) is -0.365. The fraction of sp³-hybridized carbons (Fsp3) is 0.619. The molecule has 4 rings (SSSR count). The van der Waals surface area contributed by atoms with Crippen molar-refractivity contribution in [1.29, 1.82) is 0 Å². The Morgan fingerprint density at radius 2 is 1.68 bits per heavy atom. The van der Waals surface area contributed by atoms with Gasteiger partial charge in [-0.1, -0.05) is 36.5 Å². The van der Waals surface area contributed by atoms with Crippen molar-refractivity contribution in [2.45, 2.75) is 81.6 Å².